The van der Waals surface area contributed by atoms with Crippen molar-refractivity contribution in [3.63, 3.8) is 0 Å². The van der Waals surface area contributed by atoms with Crippen LogP contribution >= 0.6 is 11.6 Å². The van der Waals surface area contributed by atoms with Crippen molar-refractivity contribution in [3.05, 3.63) is 87.9 Å². The average Bonchev–Trinajstić information content (AvgIpc) is 3.74. The molecule has 1 unspecified atom stereocenters. The van der Waals surface area contributed by atoms with Crippen LogP contribution in [0, 0.1) is 22.7 Å². The fourth-order valence-corrected chi connectivity index (χ4v) is 9.95. The summed E-state index contributed by atoms with van der Waals surface area (Å²) in [6, 6.07) is 19.8. The van der Waals surface area contributed by atoms with Crippen LogP contribution in [0.2, 0.25) is 5.02 Å². The summed E-state index contributed by atoms with van der Waals surface area (Å²) in [5.74, 6) is -0.897. The van der Waals surface area contributed by atoms with E-state index in [1.807, 2.05) is 29.2 Å². The molecule has 300 valence electrons. The molecule has 1 N–H and O–H groups in total. The summed E-state index contributed by atoms with van der Waals surface area (Å²) in [4.78, 5) is 73.8. The summed E-state index contributed by atoms with van der Waals surface area (Å²) in [5, 5.41) is 11.9. The summed E-state index contributed by atoms with van der Waals surface area (Å²) >= 11 is 6.31. The van der Waals surface area contributed by atoms with Crippen LogP contribution in [0.1, 0.15) is 81.6 Å². The fraction of sp³-hybridized carbons (Fsp3) is 0.455. The molecule has 5 amide bonds. The molecule has 0 bridgehead atoms. The van der Waals surface area contributed by atoms with Crippen LogP contribution in [-0.2, 0) is 9.59 Å². The zero-order valence-electron chi connectivity index (χ0n) is 32.3. The molecule has 14 heteroatoms. The van der Waals surface area contributed by atoms with E-state index in [1.54, 1.807) is 24.3 Å². The van der Waals surface area contributed by atoms with E-state index in [0.717, 1.165) is 113 Å². The number of anilines is 2. The number of carbonyl (C=O) groups is 5. The van der Waals surface area contributed by atoms with Crippen molar-refractivity contribution >= 4 is 52.5 Å². The number of nitrogens with one attached hydrogen (secondary N) is 1. The average molecular weight is 804 g/mol. The van der Waals surface area contributed by atoms with Gasteiger partial charge < -0.3 is 19.4 Å². The van der Waals surface area contributed by atoms with E-state index in [4.69, 9.17) is 16.3 Å². The van der Waals surface area contributed by atoms with Gasteiger partial charge in [-0.2, -0.15) is 5.26 Å². The lowest BCUT2D eigenvalue weighted by Crippen LogP contribution is -2.55. The number of amides is 5. The Morgan fingerprint density at radius 2 is 1.53 bits per heavy atom. The van der Waals surface area contributed by atoms with Gasteiger partial charge >= 0.3 is 0 Å². The lowest BCUT2D eigenvalue weighted by molar-refractivity contribution is -0.136. The van der Waals surface area contributed by atoms with E-state index in [1.165, 1.54) is 0 Å². The summed E-state index contributed by atoms with van der Waals surface area (Å²) < 4.78 is 6.19. The Kier molecular flexibility index (Phi) is 10.1. The van der Waals surface area contributed by atoms with Gasteiger partial charge in [-0.25, -0.2) is 0 Å². The van der Waals surface area contributed by atoms with Crippen LogP contribution < -0.4 is 19.9 Å². The third-order valence-electron chi connectivity index (χ3n) is 13.2. The van der Waals surface area contributed by atoms with Gasteiger partial charge in [0, 0.05) is 82.3 Å². The molecule has 5 saturated heterocycles. The lowest BCUT2D eigenvalue weighted by Gasteiger charge is -2.42. The first-order valence-electron chi connectivity index (χ1n) is 20.4. The molecule has 3 aromatic rings. The number of imide groups is 2. The van der Waals surface area contributed by atoms with Gasteiger partial charge in [-0.15, -0.1) is 0 Å². The normalized spacial score (nSPS) is 22.6. The molecule has 6 heterocycles. The van der Waals surface area contributed by atoms with E-state index in [9.17, 15) is 29.2 Å². The zero-order valence-corrected chi connectivity index (χ0v) is 33.1. The third kappa shape index (κ3) is 7.28. The zero-order chi connectivity index (χ0) is 40.1. The number of hydrogen-bond acceptors (Lipinski definition) is 10. The number of carbonyl (C=O) groups excluding carboxylic acids is 5. The Labute approximate surface area is 342 Å². The molecular weight excluding hydrogens is 758 g/mol. The van der Waals surface area contributed by atoms with Gasteiger partial charge in [-0.05, 0) is 111 Å². The SMILES string of the molecule is N#Cc1ccc(N2CCC3(CCN(C(=O)c4ccc(N5CCC(CN6CC(Oc7ccc8c(c7)C(=O)N(C7CCC(=O)NC7=O)C8=O)C6)CC5)cc4)CC3)C2)cc1Cl. The number of nitrogens with zero attached hydrogens (tertiary/aromatic N) is 6. The van der Waals surface area contributed by atoms with Crippen molar-refractivity contribution in [1.82, 2.24) is 20.0 Å². The van der Waals surface area contributed by atoms with Crippen molar-refractivity contribution in [1.29, 1.82) is 5.26 Å². The highest BCUT2D eigenvalue weighted by atomic mass is 35.5. The van der Waals surface area contributed by atoms with E-state index < -0.39 is 29.7 Å². The highest BCUT2D eigenvalue weighted by molar-refractivity contribution is 6.32. The second-order valence-electron chi connectivity index (χ2n) is 16.8. The first-order valence-corrected chi connectivity index (χ1v) is 20.8. The maximum absolute atomic E-state index is 13.5. The van der Waals surface area contributed by atoms with Crippen LogP contribution in [0.5, 0.6) is 5.75 Å². The van der Waals surface area contributed by atoms with Crippen molar-refractivity contribution in [2.24, 2.45) is 11.3 Å². The maximum atomic E-state index is 13.5. The fourth-order valence-electron chi connectivity index (χ4n) is 9.74. The highest BCUT2D eigenvalue weighted by Gasteiger charge is 2.45. The summed E-state index contributed by atoms with van der Waals surface area (Å²) in [6.07, 6.45) is 5.39. The maximum Gasteiger partial charge on any atom is 0.262 e. The van der Waals surface area contributed by atoms with Crippen molar-refractivity contribution < 1.29 is 28.7 Å². The Bertz CT molecular complexity index is 2200. The smallest absolute Gasteiger partial charge is 0.262 e. The number of rotatable bonds is 8. The predicted molar refractivity (Wildman–Crippen MR) is 216 cm³/mol. The first-order chi connectivity index (χ1) is 28.1. The molecule has 3 aromatic carbocycles. The van der Waals surface area contributed by atoms with Crippen LogP contribution in [0.4, 0.5) is 11.4 Å². The molecule has 6 aliphatic rings. The van der Waals surface area contributed by atoms with Gasteiger partial charge in [0.05, 0.1) is 21.7 Å². The van der Waals surface area contributed by atoms with Gasteiger partial charge in [0.1, 0.15) is 24.0 Å². The van der Waals surface area contributed by atoms with Crippen LogP contribution in [0.25, 0.3) is 0 Å². The Morgan fingerprint density at radius 1 is 0.828 bits per heavy atom. The third-order valence-corrected chi connectivity index (χ3v) is 13.5. The summed E-state index contributed by atoms with van der Waals surface area (Å²) in [6.45, 7) is 7.89. The van der Waals surface area contributed by atoms with E-state index in [-0.39, 0.29) is 41.4 Å². The van der Waals surface area contributed by atoms with Crippen molar-refractivity contribution in [2.75, 3.05) is 68.7 Å². The van der Waals surface area contributed by atoms with E-state index >= 15 is 0 Å². The topological polar surface area (TPSA) is 147 Å². The minimum absolute atomic E-state index is 0.0166. The summed E-state index contributed by atoms with van der Waals surface area (Å²) in [5.41, 5.74) is 4.08. The summed E-state index contributed by atoms with van der Waals surface area (Å²) in [7, 11) is 0. The van der Waals surface area contributed by atoms with E-state index in [2.05, 4.69) is 38.2 Å². The predicted octanol–water partition coefficient (Wildman–Crippen LogP) is 4.73. The molecular formula is C44H46ClN7O6. The number of hydrogen-bond donors (Lipinski definition) is 1. The lowest BCUT2D eigenvalue weighted by atomic mass is 9.77. The van der Waals surface area contributed by atoms with Crippen LogP contribution in [0.3, 0.4) is 0 Å². The molecule has 58 heavy (non-hydrogen) atoms. The molecule has 6 aliphatic heterocycles. The second kappa shape index (κ2) is 15.4. The quantitative estimate of drug-likeness (QED) is 0.318. The first kappa shape index (κ1) is 38.1. The number of fused-ring (bicyclic) bond motifs is 1. The number of benzene rings is 3. The number of halogens is 1. The molecule has 0 aromatic heterocycles. The second-order valence-corrected chi connectivity index (χ2v) is 17.2. The Morgan fingerprint density at radius 3 is 2.24 bits per heavy atom. The standard InChI is InChI=1S/C44H46ClN7O6/c45-37-21-32(6-3-30(37)23-46)51-20-15-44(27-51)13-18-50(19-14-44)41(55)29-1-4-31(5-2-29)49-16-11-28(12-17-49)24-48-25-34(26-48)58-33-7-8-35-36(22-33)43(57)52(42(35)56)38-9-10-39(53)47-40(38)54/h1-8,21-22,28,34,38H,9-20,24-27H2,(H,47,53,54). The molecule has 1 atom stereocenters. The molecule has 9 rings (SSSR count). The molecule has 0 aliphatic carbocycles. The van der Waals surface area contributed by atoms with Crippen LogP contribution in [-0.4, -0.2) is 115 Å². The molecule has 1 spiro atoms. The highest BCUT2D eigenvalue weighted by Crippen LogP contribution is 2.43. The minimum atomic E-state index is -0.993. The van der Waals surface area contributed by atoms with Gasteiger partial charge in [-0.1, -0.05) is 11.6 Å². The van der Waals surface area contributed by atoms with Crippen molar-refractivity contribution in [2.45, 2.75) is 57.1 Å². The Balaban J connectivity index is 0.700. The molecule has 0 saturated carbocycles. The van der Waals surface area contributed by atoms with Gasteiger partial charge in [0.15, 0.2) is 0 Å². The van der Waals surface area contributed by atoms with Gasteiger partial charge in [-0.3, -0.25) is 39.1 Å². The van der Waals surface area contributed by atoms with E-state index in [0.29, 0.717) is 22.3 Å². The Hall–Kier alpha value is -5.45. The largest absolute Gasteiger partial charge is 0.488 e. The monoisotopic (exact) mass is 803 g/mol. The molecule has 5 fully saturated rings. The molecule has 13 nitrogen and oxygen atoms in total. The van der Waals surface area contributed by atoms with Crippen molar-refractivity contribution in [3.8, 4) is 11.8 Å². The number of piperidine rings is 3. The number of ether oxygens (including phenoxy) is 1. The van der Waals surface area contributed by atoms with Gasteiger partial charge in [0.25, 0.3) is 17.7 Å². The molecule has 0 radical (unpaired) electrons. The number of likely N-dealkylation sites (tertiary alicyclic amines) is 2. The van der Waals surface area contributed by atoms with Gasteiger partial charge in [0.2, 0.25) is 11.8 Å². The number of nitriles is 1. The minimum Gasteiger partial charge on any atom is -0.488 e. The van der Waals surface area contributed by atoms with Crippen LogP contribution in [0.15, 0.2) is 60.7 Å².